The lowest BCUT2D eigenvalue weighted by molar-refractivity contribution is 0.163. The number of hydrogen-bond donors (Lipinski definition) is 1. The molecule has 0 aromatic heterocycles. The van der Waals surface area contributed by atoms with Gasteiger partial charge in [0.15, 0.2) is 0 Å². The van der Waals surface area contributed by atoms with Gasteiger partial charge in [0.2, 0.25) is 0 Å². The SMILES string of the molecule is CCC1(C)CN(Cc2ccc(OC)cc2)C(C)CCN1. The van der Waals surface area contributed by atoms with Crippen molar-refractivity contribution in [3.8, 4) is 5.75 Å². The highest BCUT2D eigenvalue weighted by Gasteiger charge is 2.30. The molecule has 0 bridgehead atoms. The number of methoxy groups -OCH3 is 1. The summed E-state index contributed by atoms with van der Waals surface area (Å²) in [5.41, 5.74) is 1.59. The second-order valence-electron chi connectivity index (χ2n) is 6.23. The van der Waals surface area contributed by atoms with Gasteiger partial charge in [-0.25, -0.2) is 0 Å². The number of nitrogens with one attached hydrogen (secondary N) is 1. The van der Waals surface area contributed by atoms with Crippen LogP contribution in [0.15, 0.2) is 24.3 Å². The summed E-state index contributed by atoms with van der Waals surface area (Å²) >= 11 is 0. The van der Waals surface area contributed by atoms with Crippen LogP contribution in [0.2, 0.25) is 0 Å². The molecule has 1 fully saturated rings. The van der Waals surface area contributed by atoms with Gasteiger partial charge in [-0.2, -0.15) is 0 Å². The molecule has 0 saturated carbocycles. The number of hydrogen-bond acceptors (Lipinski definition) is 3. The van der Waals surface area contributed by atoms with Crippen LogP contribution < -0.4 is 10.1 Å². The molecule has 2 rings (SSSR count). The highest BCUT2D eigenvalue weighted by Crippen LogP contribution is 2.21. The molecule has 0 amide bonds. The van der Waals surface area contributed by atoms with Crippen LogP contribution in [0.25, 0.3) is 0 Å². The first kappa shape index (κ1) is 15.3. The summed E-state index contributed by atoms with van der Waals surface area (Å²) in [6.07, 6.45) is 2.38. The molecule has 2 atom stereocenters. The van der Waals surface area contributed by atoms with Crippen LogP contribution in [-0.4, -0.2) is 36.7 Å². The van der Waals surface area contributed by atoms with Gasteiger partial charge < -0.3 is 10.1 Å². The molecule has 3 heteroatoms. The summed E-state index contributed by atoms with van der Waals surface area (Å²) in [7, 11) is 1.71. The average molecular weight is 276 g/mol. The van der Waals surface area contributed by atoms with Crippen LogP contribution in [0.3, 0.4) is 0 Å². The smallest absolute Gasteiger partial charge is 0.118 e. The van der Waals surface area contributed by atoms with Crippen molar-refractivity contribution in [3.63, 3.8) is 0 Å². The van der Waals surface area contributed by atoms with Crippen molar-refractivity contribution >= 4 is 0 Å². The maximum atomic E-state index is 5.23. The quantitative estimate of drug-likeness (QED) is 0.915. The zero-order chi connectivity index (χ0) is 14.6. The number of ether oxygens (including phenoxy) is 1. The van der Waals surface area contributed by atoms with E-state index in [1.165, 1.54) is 18.4 Å². The van der Waals surface area contributed by atoms with Crippen molar-refractivity contribution < 1.29 is 4.74 Å². The highest BCUT2D eigenvalue weighted by atomic mass is 16.5. The van der Waals surface area contributed by atoms with Crippen LogP contribution in [0, 0.1) is 0 Å². The summed E-state index contributed by atoms with van der Waals surface area (Å²) in [5.74, 6) is 0.928. The van der Waals surface area contributed by atoms with E-state index in [9.17, 15) is 0 Å². The topological polar surface area (TPSA) is 24.5 Å². The van der Waals surface area contributed by atoms with E-state index in [2.05, 4.69) is 55.3 Å². The van der Waals surface area contributed by atoms with Gasteiger partial charge in [-0.05, 0) is 50.9 Å². The van der Waals surface area contributed by atoms with E-state index < -0.39 is 0 Å². The van der Waals surface area contributed by atoms with E-state index in [4.69, 9.17) is 4.74 Å². The fraction of sp³-hybridized carbons (Fsp3) is 0.647. The third-order valence-corrected chi connectivity index (χ3v) is 4.61. The third kappa shape index (κ3) is 3.74. The van der Waals surface area contributed by atoms with Gasteiger partial charge in [0.1, 0.15) is 5.75 Å². The van der Waals surface area contributed by atoms with E-state index in [-0.39, 0.29) is 5.54 Å². The van der Waals surface area contributed by atoms with Gasteiger partial charge in [-0.3, -0.25) is 4.90 Å². The summed E-state index contributed by atoms with van der Waals surface area (Å²) in [6.45, 7) is 10.2. The Labute approximate surface area is 123 Å². The van der Waals surface area contributed by atoms with Crippen molar-refractivity contribution in [1.82, 2.24) is 10.2 Å². The van der Waals surface area contributed by atoms with E-state index in [0.29, 0.717) is 6.04 Å². The van der Waals surface area contributed by atoms with Crippen LogP contribution in [0.1, 0.15) is 39.2 Å². The molecule has 1 aromatic carbocycles. The first-order valence-electron chi connectivity index (χ1n) is 7.68. The standard InChI is InChI=1S/C17H28N2O/c1-5-17(3)13-19(14(2)10-11-18-17)12-15-6-8-16(20-4)9-7-15/h6-9,14,18H,5,10-13H2,1-4H3. The number of nitrogens with zero attached hydrogens (tertiary/aromatic N) is 1. The Morgan fingerprint density at radius 3 is 2.65 bits per heavy atom. The molecule has 1 aromatic rings. The predicted octanol–water partition coefficient (Wildman–Crippen LogP) is 3.05. The van der Waals surface area contributed by atoms with Crippen LogP contribution in [-0.2, 0) is 6.54 Å². The lowest BCUT2D eigenvalue weighted by Crippen LogP contribution is -2.49. The molecule has 1 heterocycles. The van der Waals surface area contributed by atoms with E-state index in [0.717, 1.165) is 25.4 Å². The summed E-state index contributed by atoms with van der Waals surface area (Å²) in [5, 5.41) is 3.71. The second-order valence-corrected chi connectivity index (χ2v) is 6.23. The van der Waals surface area contributed by atoms with Crippen LogP contribution in [0.5, 0.6) is 5.75 Å². The van der Waals surface area contributed by atoms with E-state index >= 15 is 0 Å². The zero-order valence-corrected chi connectivity index (χ0v) is 13.3. The average Bonchev–Trinajstić information content (AvgIpc) is 2.60. The first-order chi connectivity index (χ1) is 9.56. The Balaban J connectivity index is 2.07. The minimum atomic E-state index is 0.233. The van der Waals surface area contributed by atoms with Crippen molar-refractivity contribution in [1.29, 1.82) is 0 Å². The monoisotopic (exact) mass is 276 g/mol. The molecule has 2 unspecified atom stereocenters. The van der Waals surface area contributed by atoms with Gasteiger partial charge >= 0.3 is 0 Å². The molecule has 1 aliphatic rings. The van der Waals surface area contributed by atoms with Crippen molar-refractivity contribution in [2.75, 3.05) is 20.2 Å². The highest BCUT2D eigenvalue weighted by molar-refractivity contribution is 5.27. The molecule has 1 saturated heterocycles. The Kier molecular flexibility index (Phi) is 5.06. The minimum Gasteiger partial charge on any atom is -0.497 e. The Morgan fingerprint density at radius 1 is 1.35 bits per heavy atom. The molecule has 0 spiro atoms. The zero-order valence-electron chi connectivity index (χ0n) is 13.3. The fourth-order valence-corrected chi connectivity index (χ4v) is 2.84. The fourth-order valence-electron chi connectivity index (χ4n) is 2.84. The summed E-state index contributed by atoms with van der Waals surface area (Å²) in [4.78, 5) is 2.60. The van der Waals surface area contributed by atoms with Gasteiger partial charge in [0.05, 0.1) is 7.11 Å². The van der Waals surface area contributed by atoms with E-state index in [1.807, 2.05) is 0 Å². The largest absolute Gasteiger partial charge is 0.497 e. The number of rotatable bonds is 4. The molecule has 20 heavy (non-hydrogen) atoms. The predicted molar refractivity (Wildman–Crippen MR) is 84.2 cm³/mol. The normalized spacial score (nSPS) is 28.1. The Bertz CT molecular complexity index is 418. The first-order valence-corrected chi connectivity index (χ1v) is 7.68. The van der Waals surface area contributed by atoms with Crippen LogP contribution in [0.4, 0.5) is 0 Å². The molecule has 3 nitrogen and oxygen atoms in total. The molecule has 1 N–H and O–H groups in total. The molecule has 0 aliphatic carbocycles. The molecule has 112 valence electrons. The molecular weight excluding hydrogens is 248 g/mol. The van der Waals surface area contributed by atoms with Gasteiger partial charge in [-0.1, -0.05) is 19.1 Å². The van der Waals surface area contributed by atoms with Crippen molar-refractivity contribution in [2.45, 2.75) is 51.7 Å². The molecule has 0 radical (unpaired) electrons. The van der Waals surface area contributed by atoms with Gasteiger partial charge in [0.25, 0.3) is 0 Å². The lowest BCUT2D eigenvalue weighted by Gasteiger charge is -2.35. The Morgan fingerprint density at radius 2 is 2.05 bits per heavy atom. The summed E-state index contributed by atoms with van der Waals surface area (Å²) in [6, 6.07) is 9.07. The van der Waals surface area contributed by atoms with Gasteiger partial charge in [-0.15, -0.1) is 0 Å². The summed E-state index contributed by atoms with van der Waals surface area (Å²) < 4.78 is 5.23. The molecule has 1 aliphatic heterocycles. The minimum absolute atomic E-state index is 0.233. The van der Waals surface area contributed by atoms with Crippen molar-refractivity contribution in [3.05, 3.63) is 29.8 Å². The second kappa shape index (κ2) is 6.59. The van der Waals surface area contributed by atoms with Gasteiger partial charge in [0, 0.05) is 24.7 Å². The Hall–Kier alpha value is -1.06. The van der Waals surface area contributed by atoms with Crippen LogP contribution >= 0.6 is 0 Å². The lowest BCUT2D eigenvalue weighted by atomic mass is 9.98. The number of benzene rings is 1. The third-order valence-electron chi connectivity index (χ3n) is 4.61. The van der Waals surface area contributed by atoms with E-state index in [1.54, 1.807) is 7.11 Å². The maximum Gasteiger partial charge on any atom is 0.118 e. The molecular formula is C17H28N2O. The van der Waals surface area contributed by atoms with Crippen molar-refractivity contribution in [2.24, 2.45) is 0 Å². The maximum absolute atomic E-state index is 5.23.